The van der Waals surface area contributed by atoms with E-state index in [4.69, 9.17) is 9.26 Å². The summed E-state index contributed by atoms with van der Waals surface area (Å²) in [6, 6.07) is 10.5. The van der Waals surface area contributed by atoms with Gasteiger partial charge >= 0.3 is 0 Å². The number of aromatic nitrogens is 1. The van der Waals surface area contributed by atoms with E-state index in [2.05, 4.69) is 39.6 Å². The largest absolute Gasteiger partial charge is 0.377 e. The summed E-state index contributed by atoms with van der Waals surface area (Å²) in [5, 5.41) is 7.55. The highest BCUT2D eigenvalue weighted by atomic mass is 16.5. The first kappa shape index (κ1) is 13.1. The van der Waals surface area contributed by atoms with Crippen molar-refractivity contribution < 1.29 is 9.26 Å². The summed E-state index contributed by atoms with van der Waals surface area (Å²) >= 11 is 0. The molecule has 3 rings (SSSR count). The van der Waals surface area contributed by atoms with Gasteiger partial charge in [0.05, 0.1) is 6.54 Å². The molecule has 106 valence electrons. The highest BCUT2D eigenvalue weighted by Gasteiger charge is 2.16. The van der Waals surface area contributed by atoms with Gasteiger partial charge in [-0.05, 0) is 11.6 Å². The normalized spacial score (nSPS) is 14.9. The van der Waals surface area contributed by atoms with Crippen LogP contribution in [0, 0.1) is 0 Å². The van der Waals surface area contributed by atoms with Gasteiger partial charge in [0.15, 0.2) is 5.76 Å². The summed E-state index contributed by atoms with van der Waals surface area (Å²) in [5.41, 5.74) is 3.54. The lowest BCUT2D eigenvalue weighted by Crippen LogP contribution is -2.28. The van der Waals surface area contributed by atoms with Crippen molar-refractivity contribution in [3.8, 4) is 0 Å². The third-order valence-corrected chi connectivity index (χ3v) is 3.45. The zero-order chi connectivity index (χ0) is 13.8. The van der Waals surface area contributed by atoms with Gasteiger partial charge in [-0.2, -0.15) is 0 Å². The van der Waals surface area contributed by atoms with Gasteiger partial charge in [0.1, 0.15) is 12.3 Å². The zero-order valence-electron chi connectivity index (χ0n) is 11.6. The van der Waals surface area contributed by atoms with Crippen molar-refractivity contribution in [3.05, 3.63) is 47.3 Å². The van der Waals surface area contributed by atoms with Crippen LogP contribution in [0.3, 0.4) is 0 Å². The predicted molar refractivity (Wildman–Crippen MR) is 76.4 cm³/mol. The summed E-state index contributed by atoms with van der Waals surface area (Å²) < 4.78 is 10.3. The molecule has 5 heteroatoms. The van der Waals surface area contributed by atoms with Crippen LogP contribution in [-0.2, 0) is 24.4 Å². The molecule has 1 aliphatic rings. The minimum absolute atomic E-state index is 0.463. The van der Waals surface area contributed by atoms with E-state index in [0.29, 0.717) is 6.61 Å². The van der Waals surface area contributed by atoms with E-state index in [1.807, 2.05) is 6.07 Å². The lowest BCUT2D eigenvalue weighted by molar-refractivity contribution is 0.156. The molecule has 0 atom stereocenters. The van der Waals surface area contributed by atoms with Gasteiger partial charge in [-0.15, -0.1) is 0 Å². The second-order valence-corrected chi connectivity index (χ2v) is 4.94. The molecule has 5 nitrogen and oxygen atoms in total. The molecular formula is C15H19N3O2. The molecule has 1 aliphatic heterocycles. The first-order valence-corrected chi connectivity index (χ1v) is 6.84. The van der Waals surface area contributed by atoms with Crippen molar-refractivity contribution in [1.82, 2.24) is 10.5 Å². The number of ether oxygens (including phenoxy) is 1. The summed E-state index contributed by atoms with van der Waals surface area (Å²) in [6.45, 7) is 4.07. The molecule has 0 fully saturated rings. The SMILES string of the molecule is COCc1cc(CN2CCNCc3ccccc32)no1. The minimum Gasteiger partial charge on any atom is -0.377 e. The predicted octanol–water partition coefficient (Wildman–Crippen LogP) is 1.93. The molecule has 1 aromatic carbocycles. The first-order valence-electron chi connectivity index (χ1n) is 6.84. The Labute approximate surface area is 118 Å². The number of nitrogens with zero attached hydrogens (tertiary/aromatic N) is 2. The van der Waals surface area contributed by atoms with E-state index >= 15 is 0 Å². The fourth-order valence-corrected chi connectivity index (χ4v) is 2.53. The lowest BCUT2D eigenvalue weighted by atomic mass is 10.1. The molecule has 0 amide bonds. The maximum atomic E-state index is 5.25. The van der Waals surface area contributed by atoms with Crippen LogP contribution in [0.4, 0.5) is 5.69 Å². The second kappa shape index (κ2) is 6.07. The fraction of sp³-hybridized carbons (Fsp3) is 0.400. The van der Waals surface area contributed by atoms with Crippen molar-refractivity contribution >= 4 is 5.69 Å². The highest BCUT2D eigenvalue weighted by molar-refractivity contribution is 5.54. The highest BCUT2D eigenvalue weighted by Crippen LogP contribution is 2.23. The number of hydrogen-bond acceptors (Lipinski definition) is 5. The van der Waals surface area contributed by atoms with E-state index in [0.717, 1.165) is 37.6 Å². The fourth-order valence-electron chi connectivity index (χ4n) is 2.53. The quantitative estimate of drug-likeness (QED) is 0.922. The zero-order valence-corrected chi connectivity index (χ0v) is 11.6. The summed E-state index contributed by atoms with van der Waals surface area (Å²) in [4.78, 5) is 2.34. The topological polar surface area (TPSA) is 50.5 Å². The van der Waals surface area contributed by atoms with Crippen LogP contribution in [0.25, 0.3) is 0 Å². The Morgan fingerprint density at radius 3 is 3.20 bits per heavy atom. The van der Waals surface area contributed by atoms with Gasteiger partial charge in [-0.25, -0.2) is 0 Å². The van der Waals surface area contributed by atoms with Crippen LogP contribution >= 0.6 is 0 Å². The number of hydrogen-bond donors (Lipinski definition) is 1. The number of rotatable bonds is 4. The second-order valence-electron chi connectivity index (χ2n) is 4.94. The standard InChI is InChI=1S/C15H19N3O2/c1-19-11-14-8-13(17-20-14)10-18-7-6-16-9-12-4-2-3-5-15(12)18/h2-5,8,16H,6-7,9-11H2,1H3. The Hall–Kier alpha value is -1.85. The van der Waals surface area contributed by atoms with Gasteiger partial charge in [0.2, 0.25) is 0 Å². The monoisotopic (exact) mass is 273 g/mol. The molecule has 0 aliphatic carbocycles. The van der Waals surface area contributed by atoms with Crippen molar-refractivity contribution in [2.45, 2.75) is 19.7 Å². The number of benzene rings is 1. The van der Waals surface area contributed by atoms with E-state index in [1.165, 1.54) is 11.3 Å². The average molecular weight is 273 g/mol. The maximum Gasteiger partial charge on any atom is 0.162 e. The van der Waals surface area contributed by atoms with E-state index in [-0.39, 0.29) is 0 Å². The van der Waals surface area contributed by atoms with Crippen molar-refractivity contribution in [3.63, 3.8) is 0 Å². The van der Waals surface area contributed by atoms with E-state index in [1.54, 1.807) is 7.11 Å². The molecule has 1 aromatic heterocycles. The van der Waals surface area contributed by atoms with Gasteiger partial charge < -0.3 is 19.5 Å². The van der Waals surface area contributed by atoms with Gasteiger partial charge in [-0.3, -0.25) is 0 Å². The maximum absolute atomic E-state index is 5.25. The molecule has 0 saturated heterocycles. The molecule has 2 aromatic rings. The molecule has 0 saturated carbocycles. The number of para-hydroxylation sites is 1. The summed E-state index contributed by atoms with van der Waals surface area (Å²) in [7, 11) is 1.65. The Morgan fingerprint density at radius 1 is 1.40 bits per heavy atom. The number of anilines is 1. The lowest BCUT2D eigenvalue weighted by Gasteiger charge is -2.23. The van der Waals surface area contributed by atoms with Crippen molar-refractivity contribution in [2.24, 2.45) is 0 Å². The molecule has 20 heavy (non-hydrogen) atoms. The Kier molecular flexibility index (Phi) is 3.99. The van der Waals surface area contributed by atoms with Crippen LogP contribution in [0.2, 0.25) is 0 Å². The first-order chi connectivity index (χ1) is 9.86. The van der Waals surface area contributed by atoms with Gasteiger partial charge in [-0.1, -0.05) is 23.4 Å². The van der Waals surface area contributed by atoms with Crippen LogP contribution in [0.1, 0.15) is 17.0 Å². The van der Waals surface area contributed by atoms with Gasteiger partial charge in [0.25, 0.3) is 0 Å². The molecule has 0 bridgehead atoms. The van der Waals surface area contributed by atoms with E-state index < -0.39 is 0 Å². The van der Waals surface area contributed by atoms with Crippen molar-refractivity contribution in [2.75, 3.05) is 25.1 Å². The van der Waals surface area contributed by atoms with Crippen LogP contribution in [0.5, 0.6) is 0 Å². The Morgan fingerprint density at radius 2 is 2.30 bits per heavy atom. The molecule has 0 spiro atoms. The smallest absolute Gasteiger partial charge is 0.162 e. The summed E-state index contributed by atoms with van der Waals surface area (Å²) in [5.74, 6) is 0.767. The van der Waals surface area contributed by atoms with Gasteiger partial charge in [0, 0.05) is 38.5 Å². The van der Waals surface area contributed by atoms with Crippen molar-refractivity contribution in [1.29, 1.82) is 0 Å². The molecule has 0 unspecified atom stereocenters. The number of fused-ring (bicyclic) bond motifs is 1. The molecular weight excluding hydrogens is 254 g/mol. The number of methoxy groups -OCH3 is 1. The average Bonchev–Trinajstić information content (AvgIpc) is 2.80. The van der Waals surface area contributed by atoms with Crippen LogP contribution in [-0.4, -0.2) is 25.4 Å². The molecule has 0 radical (unpaired) electrons. The minimum atomic E-state index is 0.463. The Balaban J connectivity index is 1.79. The van der Waals surface area contributed by atoms with Crippen LogP contribution < -0.4 is 10.2 Å². The molecule has 1 N–H and O–H groups in total. The Bertz CT molecular complexity index is 568. The van der Waals surface area contributed by atoms with E-state index in [9.17, 15) is 0 Å². The third-order valence-electron chi connectivity index (χ3n) is 3.45. The number of nitrogens with one attached hydrogen (secondary N) is 1. The molecule has 2 heterocycles. The summed E-state index contributed by atoms with van der Waals surface area (Å²) in [6.07, 6.45) is 0. The third kappa shape index (κ3) is 2.84. The van der Waals surface area contributed by atoms with Crippen LogP contribution in [0.15, 0.2) is 34.9 Å².